The predicted octanol–water partition coefficient (Wildman–Crippen LogP) is 4.10. The minimum absolute atomic E-state index is 0.472. The molecule has 0 aromatic heterocycles. The van der Waals surface area contributed by atoms with E-state index in [1.807, 2.05) is 0 Å². The molecule has 1 saturated heterocycles. The first kappa shape index (κ1) is 14.0. The Bertz CT molecular complexity index is 383. The molecule has 0 bridgehead atoms. The zero-order valence-corrected chi connectivity index (χ0v) is 12.6. The fraction of sp³-hybridized carbons (Fsp3) is 0.625. The second-order valence-electron chi connectivity index (χ2n) is 5.55. The molecule has 0 spiro atoms. The van der Waals surface area contributed by atoms with Crippen LogP contribution in [0.4, 0.5) is 0 Å². The lowest BCUT2D eigenvalue weighted by molar-refractivity contribution is 0.420. The summed E-state index contributed by atoms with van der Waals surface area (Å²) < 4.78 is 0. The second-order valence-corrected chi connectivity index (χ2v) is 6.77. The Morgan fingerprint density at radius 3 is 2.72 bits per heavy atom. The van der Waals surface area contributed by atoms with Crippen LogP contribution in [0.25, 0.3) is 0 Å². The van der Waals surface area contributed by atoms with Gasteiger partial charge in [0.2, 0.25) is 0 Å². The molecule has 0 radical (unpaired) electrons. The second kappa shape index (κ2) is 6.63. The molecule has 1 unspecified atom stereocenters. The van der Waals surface area contributed by atoms with Crippen LogP contribution < -0.4 is 5.32 Å². The molecule has 1 aromatic carbocycles. The summed E-state index contributed by atoms with van der Waals surface area (Å²) in [6.45, 7) is 7.85. The summed E-state index contributed by atoms with van der Waals surface area (Å²) >= 11 is 2.11. The van der Waals surface area contributed by atoms with Crippen LogP contribution in [0.15, 0.2) is 18.2 Å². The van der Waals surface area contributed by atoms with Gasteiger partial charge in [-0.05, 0) is 68.7 Å². The minimum Gasteiger partial charge on any atom is -0.310 e. The van der Waals surface area contributed by atoms with E-state index < -0.39 is 0 Å². The van der Waals surface area contributed by atoms with Gasteiger partial charge in [-0.1, -0.05) is 23.8 Å². The van der Waals surface area contributed by atoms with Gasteiger partial charge >= 0.3 is 0 Å². The third-order valence-electron chi connectivity index (χ3n) is 3.95. The lowest BCUT2D eigenvalue weighted by Crippen LogP contribution is -2.28. The summed E-state index contributed by atoms with van der Waals surface area (Å²) in [4.78, 5) is 0. The molecule has 100 valence electrons. The first-order valence-corrected chi connectivity index (χ1v) is 8.20. The van der Waals surface area contributed by atoms with Crippen LogP contribution >= 0.6 is 11.8 Å². The summed E-state index contributed by atoms with van der Waals surface area (Å²) in [7, 11) is 0. The van der Waals surface area contributed by atoms with Crippen molar-refractivity contribution in [2.45, 2.75) is 39.7 Å². The quantitative estimate of drug-likeness (QED) is 0.878. The molecule has 1 N–H and O–H groups in total. The van der Waals surface area contributed by atoms with Gasteiger partial charge in [0.1, 0.15) is 0 Å². The van der Waals surface area contributed by atoms with E-state index in [9.17, 15) is 0 Å². The Morgan fingerprint density at radius 2 is 2.00 bits per heavy atom. The maximum absolute atomic E-state index is 3.73. The fourth-order valence-corrected chi connectivity index (χ4v) is 3.83. The highest BCUT2D eigenvalue weighted by molar-refractivity contribution is 7.99. The molecule has 2 rings (SSSR count). The largest absolute Gasteiger partial charge is 0.310 e. The molecule has 0 aliphatic carbocycles. The van der Waals surface area contributed by atoms with Crippen LogP contribution in [0, 0.1) is 19.8 Å². The van der Waals surface area contributed by atoms with E-state index >= 15 is 0 Å². The molecule has 18 heavy (non-hydrogen) atoms. The van der Waals surface area contributed by atoms with Crippen LogP contribution in [0.1, 0.15) is 42.5 Å². The van der Waals surface area contributed by atoms with E-state index in [1.165, 1.54) is 47.6 Å². The van der Waals surface area contributed by atoms with E-state index in [1.54, 1.807) is 0 Å². The molecule has 2 heteroatoms. The van der Waals surface area contributed by atoms with Crippen molar-refractivity contribution in [3.8, 4) is 0 Å². The van der Waals surface area contributed by atoms with Crippen LogP contribution in [0.5, 0.6) is 0 Å². The number of nitrogens with one attached hydrogen (secondary N) is 1. The smallest absolute Gasteiger partial charge is 0.0294 e. The Morgan fingerprint density at radius 1 is 1.28 bits per heavy atom. The summed E-state index contributed by atoms with van der Waals surface area (Å²) in [5, 5.41) is 3.73. The molecule has 1 fully saturated rings. The van der Waals surface area contributed by atoms with Gasteiger partial charge in [-0.25, -0.2) is 0 Å². The zero-order chi connectivity index (χ0) is 13.0. The molecule has 0 amide bonds. The Hall–Kier alpha value is -0.470. The van der Waals surface area contributed by atoms with Gasteiger partial charge in [0, 0.05) is 6.04 Å². The number of hydrogen-bond acceptors (Lipinski definition) is 2. The van der Waals surface area contributed by atoms with E-state index in [-0.39, 0.29) is 0 Å². The van der Waals surface area contributed by atoms with Crippen molar-refractivity contribution in [1.29, 1.82) is 0 Å². The fourth-order valence-electron chi connectivity index (χ4n) is 2.63. The summed E-state index contributed by atoms with van der Waals surface area (Å²) in [5.74, 6) is 3.59. The van der Waals surface area contributed by atoms with Crippen LogP contribution in [-0.2, 0) is 0 Å². The maximum atomic E-state index is 3.73. The summed E-state index contributed by atoms with van der Waals surface area (Å²) in [5.41, 5.74) is 4.22. The number of rotatable bonds is 4. The highest BCUT2D eigenvalue weighted by Gasteiger charge is 2.15. The van der Waals surface area contributed by atoms with Crippen molar-refractivity contribution in [1.82, 2.24) is 5.32 Å². The molecule has 1 heterocycles. The highest BCUT2D eigenvalue weighted by atomic mass is 32.2. The zero-order valence-electron chi connectivity index (χ0n) is 11.8. The summed E-state index contributed by atoms with van der Waals surface area (Å²) in [6, 6.07) is 7.23. The van der Waals surface area contributed by atoms with E-state index in [4.69, 9.17) is 0 Å². The van der Waals surface area contributed by atoms with Gasteiger partial charge in [0.25, 0.3) is 0 Å². The van der Waals surface area contributed by atoms with E-state index in [0.29, 0.717) is 6.04 Å². The molecular weight excluding hydrogens is 238 g/mol. The maximum Gasteiger partial charge on any atom is 0.0294 e. The predicted molar refractivity (Wildman–Crippen MR) is 82.4 cm³/mol. The third kappa shape index (κ3) is 3.76. The Kier molecular flexibility index (Phi) is 5.13. The van der Waals surface area contributed by atoms with Gasteiger partial charge in [-0.3, -0.25) is 0 Å². The van der Waals surface area contributed by atoms with Crippen molar-refractivity contribution in [2.24, 2.45) is 5.92 Å². The van der Waals surface area contributed by atoms with Crippen LogP contribution in [-0.4, -0.2) is 18.1 Å². The number of benzene rings is 1. The van der Waals surface area contributed by atoms with Crippen molar-refractivity contribution in [3.05, 3.63) is 34.9 Å². The molecule has 1 aromatic rings. The van der Waals surface area contributed by atoms with Crippen molar-refractivity contribution in [3.63, 3.8) is 0 Å². The van der Waals surface area contributed by atoms with E-state index in [0.717, 1.165) is 5.92 Å². The average Bonchev–Trinajstić information content (AvgIpc) is 2.40. The van der Waals surface area contributed by atoms with Gasteiger partial charge in [0.05, 0.1) is 0 Å². The normalized spacial score (nSPS) is 18.8. The first-order chi connectivity index (χ1) is 8.66. The monoisotopic (exact) mass is 263 g/mol. The van der Waals surface area contributed by atoms with Gasteiger partial charge in [0.15, 0.2) is 0 Å². The van der Waals surface area contributed by atoms with Gasteiger partial charge in [-0.2, -0.15) is 11.8 Å². The van der Waals surface area contributed by atoms with Gasteiger partial charge < -0.3 is 5.32 Å². The molecule has 1 nitrogen and oxygen atoms in total. The minimum atomic E-state index is 0.472. The topological polar surface area (TPSA) is 12.0 Å². The summed E-state index contributed by atoms with van der Waals surface area (Å²) in [6.07, 6.45) is 2.77. The number of thioether (sulfide) groups is 1. The lowest BCUT2D eigenvalue weighted by Gasteiger charge is -2.24. The Balaban J connectivity index is 1.90. The van der Waals surface area contributed by atoms with Crippen LogP contribution in [0.3, 0.4) is 0 Å². The molecule has 1 aliphatic heterocycles. The van der Waals surface area contributed by atoms with Crippen molar-refractivity contribution >= 4 is 11.8 Å². The molecule has 1 atom stereocenters. The molecule has 1 aliphatic rings. The molecule has 0 saturated carbocycles. The van der Waals surface area contributed by atoms with Crippen molar-refractivity contribution in [2.75, 3.05) is 18.1 Å². The van der Waals surface area contributed by atoms with Gasteiger partial charge in [-0.15, -0.1) is 0 Å². The lowest BCUT2D eigenvalue weighted by atomic mass is 9.98. The van der Waals surface area contributed by atoms with Crippen LogP contribution in [0.2, 0.25) is 0 Å². The highest BCUT2D eigenvalue weighted by Crippen LogP contribution is 2.24. The van der Waals surface area contributed by atoms with Crippen molar-refractivity contribution < 1.29 is 0 Å². The average molecular weight is 263 g/mol. The molecular formula is C16H25NS. The first-order valence-electron chi connectivity index (χ1n) is 7.05. The Labute approximate surface area is 116 Å². The SMILES string of the molecule is Cc1ccc(C)c(C(C)NCC2CCSCC2)c1. The standard InChI is InChI=1S/C16H25NS/c1-12-4-5-13(2)16(10-12)14(3)17-11-15-6-8-18-9-7-15/h4-5,10,14-15,17H,6-9,11H2,1-3H3. The third-order valence-corrected chi connectivity index (χ3v) is 5.00. The number of aryl methyl sites for hydroxylation is 2. The van der Waals surface area contributed by atoms with E-state index in [2.05, 4.69) is 56.0 Å². The number of hydrogen-bond donors (Lipinski definition) is 1.